The maximum atomic E-state index is 14.2. The molecule has 1 saturated heterocycles. The average molecular weight is 785 g/mol. The van der Waals surface area contributed by atoms with Crippen LogP contribution in [0, 0.1) is 11.8 Å². The first-order valence-electron chi connectivity index (χ1n) is 18.0. The molecule has 2 aliphatic heterocycles. The molecule has 2 aromatic carbocycles. The number of nitrogens with zero attached hydrogens (tertiary/aromatic N) is 2. The summed E-state index contributed by atoms with van der Waals surface area (Å²) < 4.78 is 22.8. The Bertz CT molecular complexity index is 1820. The van der Waals surface area contributed by atoms with E-state index in [-0.39, 0.29) is 17.0 Å². The number of allylic oxidation sites excluding steroid dienone is 3. The van der Waals surface area contributed by atoms with Crippen LogP contribution in [0.3, 0.4) is 0 Å². The van der Waals surface area contributed by atoms with Gasteiger partial charge in [0.25, 0.3) is 5.91 Å². The molecule has 1 fully saturated rings. The van der Waals surface area contributed by atoms with Gasteiger partial charge < -0.3 is 44.7 Å². The number of methoxy groups -OCH3 is 2. The Labute approximate surface area is 327 Å². The summed E-state index contributed by atoms with van der Waals surface area (Å²) in [5, 5.41) is 26.8. The van der Waals surface area contributed by atoms with Crippen LogP contribution in [0.2, 0.25) is 5.02 Å². The Morgan fingerprint density at radius 3 is 2.42 bits per heavy atom. The van der Waals surface area contributed by atoms with Crippen LogP contribution in [0.4, 0.5) is 16.2 Å². The average Bonchev–Trinajstić information content (AvgIpc) is 3.14. The molecule has 0 unspecified atom stereocenters. The van der Waals surface area contributed by atoms with E-state index < -0.39 is 77.8 Å². The first-order chi connectivity index (χ1) is 25.7. The van der Waals surface area contributed by atoms with Crippen LogP contribution >= 0.6 is 11.6 Å². The van der Waals surface area contributed by atoms with Gasteiger partial charge in [-0.1, -0.05) is 49.2 Å². The van der Waals surface area contributed by atoms with Crippen LogP contribution in [-0.4, -0.2) is 103 Å². The highest BCUT2D eigenvalue weighted by Gasteiger charge is 2.51. The number of hydrogen-bond donors (Lipinski definition) is 4. The van der Waals surface area contributed by atoms with Crippen molar-refractivity contribution in [1.82, 2.24) is 10.2 Å². The second kappa shape index (κ2) is 17.4. The minimum absolute atomic E-state index is 0.128. The summed E-state index contributed by atoms with van der Waals surface area (Å²) in [5.74, 6) is -3.09. The largest absolute Gasteiger partial charge is 0.495 e. The molecule has 0 radical (unpaired) electrons. The quantitative estimate of drug-likeness (QED) is 0.236. The number of halogens is 1. The molecule has 0 aliphatic carbocycles. The summed E-state index contributed by atoms with van der Waals surface area (Å²) in [6.45, 7) is 8.19. The van der Waals surface area contributed by atoms with Crippen molar-refractivity contribution >= 4 is 46.9 Å². The van der Waals surface area contributed by atoms with Crippen LogP contribution in [0.25, 0.3) is 0 Å². The maximum Gasteiger partial charge on any atom is 0.409 e. The predicted molar refractivity (Wildman–Crippen MR) is 208 cm³/mol. The summed E-state index contributed by atoms with van der Waals surface area (Å²) in [5.41, 5.74) is 4.67. The number of carbonyl (C=O) groups is 4. The molecule has 4 rings (SSSR count). The van der Waals surface area contributed by atoms with Gasteiger partial charge >= 0.3 is 12.1 Å². The zero-order valence-corrected chi connectivity index (χ0v) is 33.5. The monoisotopic (exact) mass is 784 g/mol. The van der Waals surface area contributed by atoms with E-state index >= 15 is 0 Å². The molecule has 0 saturated carbocycles. The van der Waals surface area contributed by atoms with Gasteiger partial charge in [-0.2, -0.15) is 0 Å². The molecular weight excluding hydrogens is 732 g/mol. The number of nitrogen functional groups attached to an aromatic ring is 1. The number of amides is 3. The normalized spacial score (nSPS) is 29.9. The molecular formula is C40H53ClN4O10. The van der Waals surface area contributed by atoms with Gasteiger partial charge in [0.15, 0.2) is 5.72 Å². The molecule has 2 heterocycles. The number of hydrogen-bond acceptors (Lipinski definition) is 11. The molecule has 8 atom stereocenters. The molecule has 14 nitrogen and oxygen atoms in total. The van der Waals surface area contributed by atoms with Crippen LogP contribution in [0.5, 0.6) is 5.75 Å². The number of anilines is 2. The minimum Gasteiger partial charge on any atom is -0.495 e. The number of rotatable bonds is 6. The molecule has 2 aliphatic rings. The molecule has 0 spiro atoms. The Morgan fingerprint density at radius 2 is 1.80 bits per heavy atom. The molecule has 3 amide bonds. The molecule has 2 aromatic rings. The zero-order chi connectivity index (χ0) is 41.0. The van der Waals surface area contributed by atoms with Crippen molar-refractivity contribution in [3.05, 3.63) is 76.3 Å². The van der Waals surface area contributed by atoms with E-state index in [0.717, 1.165) is 11.1 Å². The number of carbonyl (C=O) groups excluding carboxylic acids is 4. The summed E-state index contributed by atoms with van der Waals surface area (Å²) >= 11 is 6.75. The number of fused-ring (bicyclic) bond motifs is 4. The highest BCUT2D eigenvalue weighted by molar-refractivity contribution is 6.35. The Balaban J connectivity index is 1.79. The lowest BCUT2D eigenvalue weighted by molar-refractivity contribution is -0.185. The van der Waals surface area contributed by atoms with Crippen molar-refractivity contribution in [2.24, 2.45) is 11.8 Å². The number of aliphatic hydroxyl groups is 2. The van der Waals surface area contributed by atoms with Gasteiger partial charge in [-0.15, -0.1) is 0 Å². The van der Waals surface area contributed by atoms with Gasteiger partial charge in [-0.25, -0.2) is 9.59 Å². The first kappa shape index (κ1) is 43.1. The fourth-order valence-corrected chi connectivity index (χ4v) is 7.15. The van der Waals surface area contributed by atoms with Gasteiger partial charge in [-0.05, 0) is 81.0 Å². The Hall–Kier alpha value is -4.63. The molecule has 300 valence electrons. The number of esters is 1. The van der Waals surface area contributed by atoms with Crippen LogP contribution in [0.15, 0.2) is 60.2 Å². The second-order valence-corrected chi connectivity index (χ2v) is 15.1. The van der Waals surface area contributed by atoms with E-state index in [4.69, 9.17) is 36.3 Å². The minimum atomic E-state index is -1.95. The van der Waals surface area contributed by atoms with Crippen molar-refractivity contribution in [1.29, 1.82) is 0 Å². The lowest BCUT2D eigenvalue weighted by Gasteiger charge is -2.46. The smallest absolute Gasteiger partial charge is 0.409 e. The fourth-order valence-electron chi connectivity index (χ4n) is 6.84. The first-order valence-corrected chi connectivity index (χ1v) is 18.4. The Kier molecular flexibility index (Phi) is 13.7. The van der Waals surface area contributed by atoms with Gasteiger partial charge in [0.05, 0.1) is 19.2 Å². The maximum absolute atomic E-state index is 14.2. The highest BCUT2D eigenvalue weighted by atomic mass is 35.5. The number of likely N-dealkylation sites (N-methyl/N-ethyl adjacent to an activating group) is 1. The van der Waals surface area contributed by atoms with Crippen LogP contribution < -0.4 is 20.7 Å². The lowest BCUT2D eigenvalue weighted by atomic mass is 9.73. The third-order valence-electron chi connectivity index (χ3n) is 11.0. The molecule has 15 heteroatoms. The summed E-state index contributed by atoms with van der Waals surface area (Å²) in [4.78, 5) is 56.8. The molecule has 55 heavy (non-hydrogen) atoms. The molecule has 0 aromatic heterocycles. The van der Waals surface area contributed by atoms with E-state index in [9.17, 15) is 29.4 Å². The van der Waals surface area contributed by atoms with E-state index in [0.29, 0.717) is 23.5 Å². The fraction of sp³-hybridized carbons (Fsp3) is 0.500. The molecule has 5 N–H and O–H groups in total. The standard InChI is InChI=1S/C40H53ClN4O10/c1-22-11-10-12-32(53-9)40(51)21-31(54-38(49)43-40)23(2)24(3)39(5,50)33(20-34(46)45(7)29-18-26(17-22)19-30(52-8)35(29)41)55-37(48)25(4)44(6)36(47)27-13-15-28(42)16-14-27/h10-16,18-19,23-25,31-33,50-51H,17,20-21,42H2,1-9H3,(H,43,49)/b12-10+,22-11+/t23-,24-,25-,31-,32+,33-,39+,40-/m0/s1. The number of alkyl carbamates (subject to hydrolysis) is 1. The third-order valence-corrected chi connectivity index (χ3v) is 11.3. The lowest BCUT2D eigenvalue weighted by Crippen LogP contribution is -2.64. The highest BCUT2D eigenvalue weighted by Crippen LogP contribution is 2.40. The number of benzene rings is 2. The topological polar surface area (TPSA) is 190 Å². The van der Waals surface area contributed by atoms with E-state index in [2.05, 4.69) is 5.32 Å². The van der Waals surface area contributed by atoms with Crippen LogP contribution in [-0.2, 0) is 30.2 Å². The predicted octanol–water partition coefficient (Wildman–Crippen LogP) is 4.64. The van der Waals surface area contributed by atoms with Crippen molar-refractivity contribution in [3.8, 4) is 5.75 Å². The van der Waals surface area contributed by atoms with E-state index in [1.54, 1.807) is 50.3 Å². The Morgan fingerprint density at radius 1 is 1.15 bits per heavy atom. The number of nitrogens with two attached hydrogens (primary N) is 1. The van der Waals surface area contributed by atoms with Crippen molar-refractivity contribution in [2.75, 3.05) is 38.9 Å². The second-order valence-electron chi connectivity index (χ2n) is 14.7. The van der Waals surface area contributed by atoms with Crippen molar-refractivity contribution in [2.45, 2.75) is 89.6 Å². The number of ether oxygens (including phenoxy) is 4. The van der Waals surface area contributed by atoms with Crippen molar-refractivity contribution in [3.63, 3.8) is 0 Å². The van der Waals surface area contributed by atoms with Gasteiger partial charge in [0.1, 0.15) is 40.7 Å². The van der Waals surface area contributed by atoms with Crippen LogP contribution in [0.1, 0.15) is 63.4 Å². The zero-order valence-electron chi connectivity index (χ0n) is 32.8. The van der Waals surface area contributed by atoms with E-state index in [1.807, 2.05) is 13.0 Å². The van der Waals surface area contributed by atoms with E-state index in [1.165, 1.54) is 64.1 Å². The summed E-state index contributed by atoms with van der Waals surface area (Å²) in [6.07, 6.45) is 0.634. The molecule has 4 bridgehead atoms. The summed E-state index contributed by atoms with van der Waals surface area (Å²) in [6, 6.07) is 8.56. The third kappa shape index (κ3) is 9.61. The summed E-state index contributed by atoms with van der Waals surface area (Å²) in [7, 11) is 5.82. The number of nitrogens with one attached hydrogen (secondary N) is 1. The van der Waals surface area contributed by atoms with Gasteiger partial charge in [0, 0.05) is 38.9 Å². The van der Waals surface area contributed by atoms with Crippen molar-refractivity contribution < 1.29 is 48.3 Å². The SMILES string of the molecule is COc1cc2cc(c1Cl)N(C)C(=O)C[C@H](OC(=O)[C@H](C)N(C)C(=O)c1ccc(N)cc1)[C@](C)(O)[C@@H](C)[C@H](C)[C@@H]1C[C@@](O)(NC(=O)O1)[C@H](OC)/C=C/C=C(\C)C2. The van der Waals surface area contributed by atoms with Gasteiger partial charge in [0.2, 0.25) is 5.91 Å². The van der Waals surface area contributed by atoms with Gasteiger partial charge in [-0.3, -0.25) is 14.9 Å².